The molecule has 1 fully saturated rings. The van der Waals surface area contributed by atoms with Crippen LogP contribution in [0.1, 0.15) is 232 Å². The van der Waals surface area contributed by atoms with Crippen LogP contribution in [0.25, 0.3) is 0 Å². The highest BCUT2D eigenvalue weighted by Gasteiger charge is 2.44. The summed E-state index contributed by atoms with van der Waals surface area (Å²) in [5, 5.41) is 54.0. The van der Waals surface area contributed by atoms with Crippen molar-refractivity contribution >= 4 is 5.91 Å². The molecule has 0 spiro atoms. The van der Waals surface area contributed by atoms with E-state index in [9.17, 15) is 30.3 Å². The molecule has 0 aromatic rings. The summed E-state index contributed by atoms with van der Waals surface area (Å²) < 4.78 is 11.2. The highest BCUT2D eigenvalue weighted by atomic mass is 16.7. The van der Waals surface area contributed by atoms with Crippen molar-refractivity contribution in [3.63, 3.8) is 0 Å². The van der Waals surface area contributed by atoms with Gasteiger partial charge in [-0.2, -0.15) is 0 Å². The quantitative estimate of drug-likeness (QED) is 0.0263. The molecule has 0 saturated carbocycles. The Balaban J connectivity index is 2.16. The second kappa shape index (κ2) is 40.7. The highest BCUT2D eigenvalue weighted by Crippen LogP contribution is 2.23. The van der Waals surface area contributed by atoms with Gasteiger partial charge in [-0.1, -0.05) is 218 Å². The molecule has 1 heterocycles. The summed E-state index contributed by atoms with van der Waals surface area (Å²) in [6, 6.07) is -0.815. The number of rotatable bonds is 42. The third-order valence-electron chi connectivity index (χ3n) is 12.0. The predicted octanol–water partition coefficient (Wildman–Crippen LogP) is 11.1. The van der Waals surface area contributed by atoms with Gasteiger partial charge in [-0.15, -0.1) is 0 Å². The van der Waals surface area contributed by atoms with Gasteiger partial charge < -0.3 is 40.3 Å². The van der Waals surface area contributed by atoms with E-state index >= 15 is 0 Å². The first kappa shape index (κ1) is 55.7. The van der Waals surface area contributed by atoms with E-state index in [-0.39, 0.29) is 12.5 Å². The van der Waals surface area contributed by atoms with E-state index in [1.807, 2.05) is 6.08 Å². The van der Waals surface area contributed by atoms with E-state index in [1.54, 1.807) is 6.08 Å². The van der Waals surface area contributed by atoms with Crippen molar-refractivity contribution in [2.24, 2.45) is 0 Å². The van der Waals surface area contributed by atoms with Crippen molar-refractivity contribution in [1.82, 2.24) is 5.32 Å². The molecule has 9 heteroatoms. The van der Waals surface area contributed by atoms with E-state index in [2.05, 4.69) is 31.3 Å². The van der Waals surface area contributed by atoms with Gasteiger partial charge in [0.2, 0.25) is 5.91 Å². The van der Waals surface area contributed by atoms with E-state index in [4.69, 9.17) is 9.47 Å². The fourth-order valence-electron chi connectivity index (χ4n) is 8.00. The zero-order valence-corrected chi connectivity index (χ0v) is 38.3. The summed E-state index contributed by atoms with van der Waals surface area (Å²) in [5.74, 6) is -0.193. The van der Waals surface area contributed by atoms with Crippen LogP contribution < -0.4 is 5.32 Å². The van der Waals surface area contributed by atoms with Crippen LogP contribution >= 0.6 is 0 Å². The SMILES string of the molecule is CCCCCCCCCCCCCCCCCCCCCCCCC/C=C/CC/C=C/C(O)C(COC1OC(CO)C(O)C(O)C1O)NC(=O)CCCCCCCCC. The lowest BCUT2D eigenvalue weighted by Crippen LogP contribution is -2.60. The Morgan fingerprint density at radius 3 is 1.42 bits per heavy atom. The molecular weight excluding hydrogens is 743 g/mol. The summed E-state index contributed by atoms with van der Waals surface area (Å²) in [6.07, 6.45) is 42.8. The highest BCUT2D eigenvalue weighted by molar-refractivity contribution is 5.76. The van der Waals surface area contributed by atoms with Crippen LogP contribution in [0, 0.1) is 0 Å². The Labute approximate surface area is 362 Å². The van der Waals surface area contributed by atoms with Gasteiger partial charge in [-0.25, -0.2) is 0 Å². The molecule has 9 nitrogen and oxygen atoms in total. The largest absolute Gasteiger partial charge is 0.394 e. The lowest BCUT2D eigenvalue weighted by atomic mass is 9.99. The maximum absolute atomic E-state index is 12.8. The van der Waals surface area contributed by atoms with E-state index < -0.39 is 49.5 Å². The third kappa shape index (κ3) is 31.2. The van der Waals surface area contributed by atoms with Crippen molar-refractivity contribution in [1.29, 1.82) is 0 Å². The number of aliphatic hydroxyl groups is 5. The summed E-state index contributed by atoms with van der Waals surface area (Å²) in [5.41, 5.74) is 0. The molecule has 0 aromatic carbocycles. The minimum absolute atomic E-state index is 0.193. The lowest BCUT2D eigenvalue weighted by molar-refractivity contribution is -0.302. The van der Waals surface area contributed by atoms with Crippen molar-refractivity contribution in [2.75, 3.05) is 13.2 Å². The first-order chi connectivity index (χ1) is 28.8. The van der Waals surface area contributed by atoms with Gasteiger partial charge in [-0.05, 0) is 32.1 Å². The smallest absolute Gasteiger partial charge is 0.220 e. The van der Waals surface area contributed by atoms with Crippen LogP contribution in [0.2, 0.25) is 0 Å². The molecule has 1 aliphatic rings. The average molecular weight is 838 g/mol. The van der Waals surface area contributed by atoms with Crippen LogP contribution in [0.5, 0.6) is 0 Å². The Bertz CT molecular complexity index is 977. The molecule has 59 heavy (non-hydrogen) atoms. The number of allylic oxidation sites excluding steroid dienone is 3. The summed E-state index contributed by atoms with van der Waals surface area (Å²) in [6.45, 7) is 3.71. The number of carbonyl (C=O) groups is 1. The molecule has 1 rings (SSSR count). The molecule has 7 unspecified atom stereocenters. The Kier molecular flexibility index (Phi) is 38.4. The number of carbonyl (C=O) groups excluding carboxylic acids is 1. The predicted molar refractivity (Wildman–Crippen MR) is 244 cm³/mol. The van der Waals surface area contributed by atoms with E-state index in [1.165, 1.54) is 173 Å². The van der Waals surface area contributed by atoms with Crippen LogP contribution in [0.3, 0.4) is 0 Å². The number of hydrogen-bond acceptors (Lipinski definition) is 8. The summed E-state index contributed by atoms with van der Waals surface area (Å²) in [7, 11) is 0. The van der Waals surface area contributed by atoms with Gasteiger partial charge in [0, 0.05) is 6.42 Å². The molecule has 348 valence electrons. The number of nitrogens with one attached hydrogen (secondary N) is 1. The average Bonchev–Trinajstić information content (AvgIpc) is 3.23. The van der Waals surface area contributed by atoms with Gasteiger partial charge in [-0.3, -0.25) is 4.79 Å². The molecule has 0 aliphatic carbocycles. The number of unbranched alkanes of at least 4 members (excludes halogenated alkanes) is 30. The van der Waals surface area contributed by atoms with Crippen LogP contribution in [-0.4, -0.2) is 87.5 Å². The zero-order valence-electron chi connectivity index (χ0n) is 38.3. The monoisotopic (exact) mass is 838 g/mol. The van der Waals surface area contributed by atoms with Crippen LogP contribution in [0.4, 0.5) is 0 Å². The van der Waals surface area contributed by atoms with Gasteiger partial charge in [0.15, 0.2) is 6.29 Å². The molecule has 0 aromatic heterocycles. The maximum atomic E-state index is 12.8. The second-order valence-electron chi connectivity index (χ2n) is 17.6. The van der Waals surface area contributed by atoms with Crippen molar-refractivity contribution in [3.8, 4) is 0 Å². The lowest BCUT2D eigenvalue weighted by Gasteiger charge is -2.40. The van der Waals surface area contributed by atoms with E-state index in [0.717, 1.165) is 38.5 Å². The zero-order chi connectivity index (χ0) is 43.0. The molecule has 7 atom stereocenters. The number of ether oxygens (including phenoxy) is 2. The number of amides is 1. The minimum atomic E-state index is -1.57. The standard InChI is InChI=1S/C50H95NO8/c1-3-5-7-9-11-12-13-14-15-16-17-18-19-20-21-22-23-24-25-26-27-28-29-30-31-32-34-35-37-39-44(53)43(51-46(54)40-38-36-33-10-8-6-4-2)42-58-50-49(57)48(56)47(55)45(41-52)59-50/h31-32,37,39,43-45,47-50,52-53,55-57H,3-30,33-36,38,40-42H2,1-2H3,(H,51,54)/b32-31+,39-37+. The van der Waals surface area contributed by atoms with Crippen molar-refractivity contribution < 1.29 is 39.8 Å². The first-order valence-corrected chi connectivity index (χ1v) is 25.1. The molecule has 1 amide bonds. The summed E-state index contributed by atoms with van der Waals surface area (Å²) in [4.78, 5) is 12.8. The van der Waals surface area contributed by atoms with Crippen molar-refractivity contribution in [2.45, 2.75) is 275 Å². The maximum Gasteiger partial charge on any atom is 0.220 e. The number of aliphatic hydroxyl groups excluding tert-OH is 5. The molecule has 1 aliphatic heterocycles. The Hall–Kier alpha value is -1.33. The van der Waals surface area contributed by atoms with Gasteiger partial charge in [0.25, 0.3) is 0 Å². The molecule has 0 radical (unpaired) electrons. The molecule has 1 saturated heterocycles. The molecule has 6 N–H and O–H groups in total. The number of hydrogen-bond donors (Lipinski definition) is 6. The topological polar surface area (TPSA) is 149 Å². The Morgan fingerprint density at radius 2 is 0.966 bits per heavy atom. The fourth-order valence-corrected chi connectivity index (χ4v) is 8.00. The normalized spacial score (nSPS) is 20.8. The van der Waals surface area contributed by atoms with Crippen LogP contribution in [0.15, 0.2) is 24.3 Å². The van der Waals surface area contributed by atoms with E-state index in [0.29, 0.717) is 6.42 Å². The van der Waals surface area contributed by atoms with Gasteiger partial charge in [0.05, 0.1) is 25.4 Å². The molecule has 0 bridgehead atoms. The van der Waals surface area contributed by atoms with Crippen LogP contribution in [-0.2, 0) is 14.3 Å². The fraction of sp³-hybridized carbons (Fsp3) is 0.900. The Morgan fingerprint density at radius 1 is 0.559 bits per heavy atom. The summed E-state index contributed by atoms with van der Waals surface area (Å²) >= 11 is 0. The first-order valence-electron chi connectivity index (χ1n) is 25.1. The van der Waals surface area contributed by atoms with Crippen molar-refractivity contribution in [3.05, 3.63) is 24.3 Å². The van der Waals surface area contributed by atoms with Gasteiger partial charge in [0.1, 0.15) is 24.4 Å². The molecular formula is C50H95NO8. The minimum Gasteiger partial charge on any atom is -0.394 e. The third-order valence-corrected chi connectivity index (χ3v) is 12.0. The van der Waals surface area contributed by atoms with Gasteiger partial charge >= 0.3 is 0 Å². The second-order valence-corrected chi connectivity index (χ2v) is 17.6.